The number of carboxylic acids is 1. The summed E-state index contributed by atoms with van der Waals surface area (Å²) in [7, 11) is 0. The van der Waals surface area contributed by atoms with Gasteiger partial charge in [0.1, 0.15) is 0 Å². The van der Waals surface area contributed by atoms with E-state index in [1.54, 1.807) is 11.8 Å². The standard InChI is InChI=1S/C12H21NO3S/c1-7(5-6-17-4)13-10(14)8-9(11(15)16)12(8,2)3/h7-9H,5-6H2,1-4H3,(H,13,14)(H,15,16)/t7?,8-,9+/m1/s1. The van der Waals surface area contributed by atoms with Gasteiger partial charge in [0.2, 0.25) is 5.91 Å². The maximum Gasteiger partial charge on any atom is 0.307 e. The Kier molecular flexibility index (Phi) is 4.47. The Bertz CT molecular complexity index is 317. The first-order chi connectivity index (χ1) is 7.82. The highest BCUT2D eigenvalue weighted by Crippen LogP contribution is 2.58. The molecule has 1 aliphatic rings. The van der Waals surface area contributed by atoms with Gasteiger partial charge >= 0.3 is 5.97 Å². The van der Waals surface area contributed by atoms with Crippen molar-refractivity contribution in [2.45, 2.75) is 33.2 Å². The average Bonchev–Trinajstić information content (AvgIpc) is 2.78. The summed E-state index contributed by atoms with van der Waals surface area (Å²) in [4.78, 5) is 22.9. The molecule has 1 saturated carbocycles. The van der Waals surface area contributed by atoms with Crippen LogP contribution in [0.5, 0.6) is 0 Å². The Hall–Kier alpha value is -0.710. The van der Waals surface area contributed by atoms with E-state index in [-0.39, 0.29) is 17.9 Å². The predicted octanol–water partition coefficient (Wildman–Crippen LogP) is 1.60. The number of nitrogens with one attached hydrogen (secondary N) is 1. The number of carbonyl (C=O) groups is 2. The molecule has 0 aromatic heterocycles. The number of carboxylic acid groups (broad SMARTS) is 1. The third kappa shape index (κ3) is 3.15. The number of hydrogen-bond donors (Lipinski definition) is 2. The SMILES string of the molecule is CSCCC(C)NC(=O)[C@H]1[C@@H](C(=O)O)C1(C)C. The Labute approximate surface area is 107 Å². The first kappa shape index (κ1) is 14.4. The zero-order valence-electron chi connectivity index (χ0n) is 10.8. The number of amides is 1. The van der Waals surface area contributed by atoms with E-state index in [1.165, 1.54) is 0 Å². The maximum atomic E-state index is 11.9. The van der Waals surface area contributed by atoms with Crippen molar-refractivity contribution in [1.82, 2.24) is 5.32 Å². The molecule has 0 saturated heterocycles. The number of carbonyl (C=O) groups excluding carboxylic acids is 1. The molecule has 0 bridgehead atoms. The van der Waals surface area contributed by atoms with E-state index < -0.39 is 17.3 Å². The van der Waals surface area contributed by atoms with Crippen LogP contribution in [0.4, 0.5) is 0 Å². The number of thioether (sulfide) groups is 1. The van der Waals surface area contributed by atoms with Gasteiger partial charge in [-0.05, 0) is 30.8 Å². The van der Waals surface area contributed by atoms with Crippen molar-refractivity contribution in [3.8, 4) is 0 Å². The largest absolute Gasteiger partial charge is 0.481 e. The van der Waals surface area contributed by atoms with E-state index in [0.29, 0.717) is 0 Å². The molecule has 1 unspecified atom stereocenters. The van der Waals surface area contributed by atoms with E-state index >= 15 is 0 Å². The van der Waals surface area contributed by atoms with Gasteiger partial charge in [0.25, 0.3) is 0 Å². The van der Waals surface area contributed by atoms with E-state index in [4.69, 9.17) is 5.11 Å². The van der Waals surface area contributed by atoms with Gasteiger partial charge in [-0.3, -0.25) is 9.59 Å². The Morgan fingerprint density at radius 1 is 1.41 bits per heavy atom. The third-order valence-electron chi connectivity index (χ3n) is 3.52. The fourth-order valence-corrected chi connectivity index (χ4v) is 2.88. The lowest BCUT2D eigenvalue weighted by Crippen LogP contribution is -2.35. The van der Waals surface area contributed by atoms with Gasteiger partial charge < -0.3 is 10.4 Å². The van der Waals surface area contributed by atoms with Crippen molar-refractivity contribution < 1.29 is 14.7 Å². The molecule has 0 aromatic carbocycles. The second-order valence-corrected chi connectivity index (χ2v) is 6.29. The zero-order valence-corrected chi connectivity index (χ0v) is 11.6. The number of rotatable bonds is 6. The molecular formula is C12H21NO3S. The molecule has 3 atom stereocenters. The lowest BCUT2D eigenvalue weighted by molar-refractivity contribution is -0.140. The highest BCUT2D eigenvalue weighted by molar-refractivity contribution is 7.98. The molecule has 4 nitrogen and oxygen atoms in total. The van der Waals surface area contributed by atoms with E-state index in [9.17, 15) is 9.59 Å². The smallest absolute Gasteiger partial charge is 0.307 e. The molecule has 0 heterocycles. The fraction of sp³-hybridized carbons (Fsp3) is 0.833. The van der Waals surface area contributed by atoms with Crippen LogP contribution < -0.4 is 5.32 Å². The molecule has 0 radical (unpaired) electrons. The van der Waals surface area contributed by atoms with E-state index in [2.05, 4.69) is 5.32 Å². The molecule has 1 amide bonds. The summed E-state index contributed by atoms with van der Waals surface area (Å²) in [6.07, 6.45) is 2.94. The van der Waals surface area contributed by atoms with Crippen molar-refractivity contribution in [2.75, 3.05) is 12.0 Å². The molecular weight excluding hydrogens is 238 g/mol. The van der Waals surface area contributed by atoms with Crippen molar-refractivity contribution in [2.24, 2.45) is 17.3 Å². The first-order valence-corrected chi connectivity index (χ1v) is 7.23. The quantitative estimate of drug-likeness (QED) is 0.760. The molecule has 1 rings (SSSR count). The van der Waals surface area contributed by atoms with Crippen LogP contribution in [0.1, 0.15) is 27.2 Å². The summed E-state index contributed by atoms with van der Waals surface area (Å²) in [6.45, 7) is 5.63. The molecule has 1 fully saturated rings. The van der Waals surface area contributed by atoms with Crippen LogP contribution in [0.15, 0.2) is 0 Å². The van der Waals surface area contributed by atoms with E-state index in [1.807, 2.05) is 27.0 Å². The second kappa shape index (κ2) is 5.29. The average molecular weight is 259 g/mol. The summed E-state index contributed by atoms with van der Waals surface area (Å²) in [6, 6.07) is 0.112. The Morgan fingerprint density at radius 2 is 2.00 bits per heavy atom. The normalized spacial score (nSPS) is 27.3. The summed E-state index contributed by atoms with van der Waals surface area (Å²) < 4.78 is 0. The minimum absolute atomic E-state index is 0.112. The summed E-state index contributed by atoms with van der Waals surface area (Å²) >= 11 is 1.74. The van der Waals surface area contributed by atoms with Gasteiger partial charge in [0, 0.05) is 6.04 Å². The molecule has 2 N–H and O–H groups in total. The number of hydrogen-bond acceptors (Lipinski definition) is 3. The fourth-order valence-electron chi connectivity index (χ4n) is 2.29. The summed E-state index contributed by atoms with van der Waals surface area (Å²) in [5.41, 5.74) is -0.408. The highest BCUT2D eigenvalue weighted by Gasteiger charge is 2.65. The molecule has 98 valence electrons. The van der Waals surface area contributed by atoms with Gasteiger partial charge in [-0.15, -0.1) is 0 Å². The Balaban J connectivity index is 2.47. The van der Waals surface area contributed by atoms with Crippen molar-refractivity contribution in [1.29, 1.82) is 0 Å². The van der Waals surface area contributed by atoms with Gasteiger partial charge in [-0.25, -0.2) is 0 Å². The predicted molar refractivity (Wildman–Crippen MR) is 69.0 cm³/mol. The monoisotopic (exact) mass is 259 g/mol. The van der Waals surface area contributed by atoms with Gasteiger partial charge in [0.15, 0.2) is 0 Å². The Morgan fingerprint density at radius 3 is 2.41 bits per heavy atom. The minimum atomic E-state index is -0.869. The topological polar surface area (TPSA) is 66.4 Å². The van der Waals surface area contributed by atoms with Crippen LogP contribution in [0, 0.1) is 17.3 Å². The van der Waals surface area contributed by atoms with Crippen LogP contribution in [0.3, 0.4) is 0 Å². The van der Waals surface area contributed by atoms with Gasteiger partial charge in [-0.2, -0.15) is 11.8 Å². The van der Waals surface area contributed by atoms with Crippen LogP contribution in [-0.2, 0) is 9.59 Å². The van der Waals surface area contributed by atoms with Crippen LogP contribution in [0.2, 0.25) is 0 Å². The first-order valence-electron chi connectivity index (χ1n) is 5.84. The van der Waals surface area contributed by atoms with Gasteiger partial charge in [0.05, 0.1) is 11.8 Å². The van der Waals surface area contributed by atoms with E-state index in [0.717, 1.165) is 12.2 Å². The van der Waals surface area contributed by atoms with Crippen molar-refractivity contribution in [3.05, 3.63) is 0 Å². The lowest BCUT2D eigenvalue weighted by atomic mass is 10.1. The van der Waals surface area contributed by atoms with Gasteiger partial charge in [-0.1, -0.05) is 13.8 Å². The van der Waals surface area contributed by atoms with Crippen LogP contribution in [0.25, 0.3) is 0 Å². The van der Waals surface area contributed by atoms with Crippen molar-refractivity contribution in [3.63, 3.8) is 0 Å². The maximum absolute atomic E-state index is 11.9. The highest BCUT2D eigenvalue weighted by atomic mass is 32.2. The van der Waals surface area contributed by atoms with Crippen LogP contribution >= 0.6 is 11.8 Å². The summed E-state index contributed by atoms with van der Waals surface area (Å²) in [5, 5.41) is 11.9. The molecule has 1 aliphatic carbocycles. The van der Waals surface area contributed by atoms with Crippen molar-refractivity contribution >= 4 is 23.6 Å². The van der Waals surface area contributed by atoms with Crippen LogP contribution in [-0.4, -0.2) is 35.0 Å². The molecule has 0 spiro atoms. The molecule has 17 heavy (non-hydrogen) atoms. The summed E-state index contributed by atoms with van der Waals surface area (Å²) in [5.74, 6) is -0.896. The molecule has 0 aliphatic heterocycles. The lowest BCUT2D eigenvalue weighted by Gasteiger charge is -2.13. The second-order valence-electron chi connectivity index (χ2n) is 5.31. The minimum Gasteiger partial charge on any atom is -0.481 e. The number of aliphatic carboxylic acids is 1. The molecule has 5 heteroatoms. The zero-order chi connectivity index (χ0) is 13.2. The third-order valence-corrected chi connectivity index (χ3v) is 4.16. The molecule has 0 aromatic rings.